The minimum atomic E-state index is -0.266. The number of carbonyl (C=O) groups is 2. The van der Waals surface area contributed by atoms with Gasteiger partial charge in [-0.2, -0.15) is 0 Å². The molecule has 30 heavy (non-hydrogen) atoms. The zero-order valence-corrected chi connectivity index (χ0v) is 17.5. The van der Waals surface area contributed by atoms with Gasteiger partial charge in [-0.25, -0.2) is 0 Å². The molecule has 2 aliphatic rings. The van der Waals surface area contributed by atoms with Crippen LogP contribution in [0.5, 0.6) is 11.5 Å². The van der Waals surface area contributed by atoms with Gasteiger partial charge in [0.15, 0.2) is 18.1 Å². The van der Waals surface area contributed by atoms with Crippen molar-refractivity contribution in [2.45, 2.75) is 38.7 Å². The Labute approximate surface area is 177 Å². The molecule has 1 saturated heterocycles. The average molecular weight is 408 g/mol. The Morgan fingerprint density at radius 1 is 1.17 bits per heavy atom. The maximum absolute atomic E-state index is 12.8. The average Bonchev–Trinajstić information content (AvgIpc) is 3.07. The lowest BCUT2D eigenvalue weighted by Crippen LogP contribution is -2.45. The molecule has 0 saturated carbocycles. The summed E-state index contributed by atoms with van der Waals surface area (Å²) in [4.78, 5) is 27.1. The third-order valence-electron chi connectivity index (χ3n) is 5.59. The second-order valence-corrected chi connectivity index (χ2v) is 8.61. The molecule has 4 rings (SSSR count). The molecule has 2 heterocycles. The van der Waals surface area contributed by atoms with Crippen LogP contribution in [0, 0.1) is 5.92 Å². The first kappa shape index (κ1) is 20.3. The molecule has 6 nitrogen and oxygen atoms in total. The fraction of sp³-hybridized carbons (Fsp3) is 0.417. The van der Waals surface area contributed by atoms with Crippen LogP contribution < -0.4 is 14.8 Å². The number of hydrogen-bond acceptors (Lipinski definition) is 4. The fourth-order valence-corrected chi connectivity index (χ4v) is 4.12. The number of rotatable bonds is 5. The normalized spacial score (nSPS) is 19.5. The van der Waals surface area contributed by atoms with E-state index in [1.54, 1.807) is 4.90 Å². The molecular formula is C24H28N2O4. The first-order valence-electron chi connectivity index (χ1n) is 10.5. The van der Waals surface area contributed by atoms with Crippen LogP contribution in [0.25, 0.3) is 0 Å². The van der Waals surface area contributed by atoms with E-state index in [0.29, 0.717) is 18.8 Å². The van der Waals surface area contributed by atoms with E-state index < -0.39 is 0 Å². The smallest absolute Gasteiger partial charge is 0.260 e. The Kier molecular flexibility index (Phi) is 5.66. The van der Waals surface area contributed by atoms with Gasteiger partial charge < -0.3 is 19.7 Å². The van der Waals surface area contributed by atoms with Crippen molar-refractivity contribution >= 4 is 17.5 Å². The van der Waals surface area contributed by atoms with Crippen LogP contribution in [0.4, 0.5) is 5.69 Å². The van der Waals surface area contributed by atoms with Crippen LogP contribution in [0.1, 0.15) is 32.3 Å². The van der Waals surface area contributed by atoms with Crippen molar-refractivity contribution in [2.75, 3.05) is 25.0 Å². The Morgan fingerprint density at radius 2 is 1.97 bits per heavy atom. The maximum atomic E-state index is 12.8. The Balaban J connectivity index is 1.33. The molecular weight excluding hydrogens is 380 g/mol. The van der Waals surface area contributed by atoms with E-state index in [9.17, 15) is 9.59 Å². The number of anilines is 1. The summed E-state index contributed by atoms with van der Waals surface area (Å²) in [5.74, 6) is 0.960. The summed E-state index contributed by atoms with van der Waals surface area (Å²) in [5, 5.41) is 2.94. The number of para-hydroxylation sites is 2. The lowest BCUT2D eigenvalue weighted by atomic mass is 9.97. The summed E-state index contributed by atoms with van der Waals surface area (Å²) in [5.41, 5.74) is 1.61. The molecule has 0 aliphatic carbocycles. The van der Waals surface area contributed by atoms with E-state index in [1.165, 1.54) is 0 Å². The number of fused-ring (bicyclic) bond motifs is 1. The van der Waals surface area contributed by atoms with Crippen LogP contribution in [-0.2, 0) is 16.0 Å². The van der Waals surface area contributed by atoms with Gasteiger partial charge >= 0.3 is 0 Å². The summed E-state index contributed by atoms with van der Waals surface area (Å²) in [7, 11) is 0. The van der Waals surface area contributed by atoms with Crippen LogP contribution in [0.15, 0.2) is 48.5 Å². The van der Waals surface area contributed by atoms with Gasteiger partial charge in [0, 0.05) is 30.8 Å². The van der Waals surface area contributed by atoms with E-state index in [4.69, 9.17) is 9.47 Å². The molecule has 0 bridgehead atoms. The lowest BCUT2D eigenvalue weighted by molar-refractivity contribution is -0.136. The fourth-order valence-electron chi connectivity index (χ4n) is 4.12. The molecule has 2 amide bonds. The van der Waals surface area contributed by atoms with Crippen LogP contribution in [-0.4, -0.2) is 42.0 Å². The number of nitrogens with zero attached hydrogens (tertiary/aromatic N) is 1. The van der Waals surface area contributed by atoms with E-state index in [0.717, 1.165) is 36.3 Å². The first-order valence-corrected chi connectivity index (χ1v) is 10.5. The molecule has 1 N–H and O–H groups in total. The van der Waals surface area contributed by atoms with Crippen molar-refractivity contribution in [3.8, 4) is 11.5 Å². The number of piperidine rings is 1. The van der Waals surface area contributed by atoms with Gasteiger partial charge in [-0.15, -0.1) is 0 Å². The van der Waals surface area contributed by atoms with Gasteiger partial charge in [0.25, 0.3) is 5.91 Å². The first-order chi connectivity index (χ1) is 14.4. The van der Waals surface area contributed by atoms with Crippen molar-refractivity contribution in [2.24, 2.45) is 5.92 Å². The highest BCUT2D eigenvalue weighted by molar-refractivity contribution is 5.93. The largest absolute Gasteiger partial charge is 0.483 e. The minimum Gasteiger partial charge on any atom is -0.483 e. The third kappa shape index (κ3) is 4.58. The van der Waals surface area contributed by atoms with Crippen LogP contribution in [0.2, 0.25) is 0 Å². The van der Waals surface area contributed by atoms with E-state index in [-0.39, 0.29) is 29.9 Å². The molecule has 0 radical (unpaired) electrons. The van der Waals surface area contributed by atoms with E-state index in [2.05, 4.69) is 5.32 Å². The molecule has 6 heteroatoms. The molecule has 2 aliphatic heterocycles. The zero-order chi connectivity index (χ0) is 21.1. The Morgan fingerprint density at radius 3 is 2.77 bits per heavy atom. The maximum Gasteiger partial charge on any atom is 0.260 e. The molecule has 1 fully saturated rings. The highest BCUT2D eigenvalue weighted by Gasteiger charge is 2.33. The summed E-state index contributed by atoms with van der Waals surface area (Å²) < 4.78 is 11.8. The van der Waals surface area contributed by atoms with Crippen molar-refractivity contribution in [1.29, 1.82) is 0 Å². The van der Waals surface area contributed by atoms with Crippen molar-refractivity contribution < 1.29 is 19.1 Å². The highest BCUT2D eigenvalue weighted by atomic mass is 16.5. The van der Waals surface area contributed by atoms with Gasteiger partial charge in [-0.05, 0) is 44.9 Å². The van der Waals surface area contributed by atoms with Gasteiger partial charge in [0.2, 0.25) is 5.91 Å². The van der Waals surface area contributed by atoms with Gasteiger partial charge in [-0.3, -0.25) is 9.59 Å². The number of amides is 2. The van der Waals surface area contributed by atoms with Crippen molar-refractivity contribution in [3.05, 3.63) is 54.1 Å². The number of carbonyl (C=O) groups excluding carboxylic acids is 2. The second-order valence-electron chi connectivity index (χ2n) is 8.61. The SMILES string of the molecule is CC1(C)Cc2cccc(OCC(=O)N3CCCC(C(=O)Nc4ccccc4)C3)c2O1. The number of benzene rings is 2. The highest BCUT2D eigenvalue weighted by Crippen LogP contribution is 2.41. The Hall–Kier alpha value is -3.02. The molecule has 158 valence electrons. The second kappa shape index (κ2) is 8.38. The Bertz CT molecular complexity index is 926. The monoisotopic (exact) mass is 408 g/mol. The van der Waals surface area contributed by atoms with E-state index in [1.807, 2.05) is 62.4 Å². The molecule has 1 unspecified atom stereocenters. The third-order valence-corrected chi connectivity index (χ3v) is 5.59. The summed E-state index contributed by atoms with van der Waals surface area (Å²) in [6, 6.07) is 15.2. The molecule has 0 spiro atoms. The quantitative estimate of drug-likeness (QED) is 0.820. The number of likely N-dealkylation sites (tertiary alicyclic amines) is 1. The summed E-state index contributed by atoms with van der Waals surface area (Å²) >= 11 is 0. The molecule has 2 aromatic carbocycles. The minimum absolute atomic E-state index is 0.0453. The van der Waals surface area contributed by atoms with Crippen LogP contribution in [0.3, 0.4) is 0 Å². The number of hydrogen-bond donors (Lipinski definition) is 1. The molecule has 1 atom stereocenters. The van der Waals surface area contributed by atoms with Gasteiger partial charge in [0.05, 0.1) is 5.92 Å². The topological polar surface area (TPSA) is 67.9 Å². The summed E-state index contributed by atoms with van der Waals surface area (Å²) in [6.45, 7) is 5.07. The predicted molar refractivity (Wildman–Crippen MR) is 115 cm³/mol. The summed E-state index contributed by atoms with van der Waals surface area (Å²) in [6.07, 6.45) is 2.40. The van der Waals surface area contributed by atoms with Crippen molar-refractivity contribution in [3.63, 3.8) is 0 Å². The van der Waals surface area contributed by atoms with Gasteiger partial charge in [-0.1, -0.05) is 30.3 Å². The number of nitrogens with one attached hydrogen (secondary N) is 1. The predicted octanol–water partition coefficient (Wildman–Crippen LogP) is 3.66. The van der Waals surface area contributed by atoms with E-state index >= 15 is 0 Å². The molecule has 2 aromatic rings. The van der Waals surface area contributed by atoms with Crippen LogP contribution >= 0.6 is 0 Å². The van der Waals surface area contributed by atoms with Crippen molar-refractivity contribution in [1.82, 2.24) is 4.90 Å². The van der Waals surface area contributed by atoms with Gasteiger partial charge in [0.1, 0.15) is 5.60 Å². The number of ether oxygens (including phenoxy) is 2. The standard InChI is InChI=1S/C24H28N2O4/c1-24(2)14-17-8-6-12-20(22(17)30-24)29-16-21(27)26-13-7-9-18(15-26)23(28)25-19-10-4-3-5-11-19/h3-6,8,10-12,18H,7,9,13-16H2,1-2H3,(H,25,28). The molecule has 0 aromatic heterocycles. The zero-order valence-electron chi connectivity index (χ0n) is 17.5. The lowest BCUT2D eigenvalue weighted by Gasteiger charge is -2.32.